The quantitative estimate of drug-likeness (QED) is 0.714. The van der Waals surface area contributed by atoms with Gasteiger partial charge in [0.2, 0.25) is 0 Å². The minimum absolute atomic E-state index is 0.0309. The van der Waals surface area contributed by atoms with Gasteiger partial charge in [0.15, 0.2) is 0 Å². The van der Waals surface area contributed by atoms with Crippen molar-refractivity contribution >= 4 is 17.3 Å². The molecule has 0 amide bonds. The zero-order valence-electron chi connectivity index (χ0n) is 9.91. The summed E-state index contributed by atoms with van der Waals surface area (Å²) in [5, 5.41) is 0. The highest BCUT2D eigenvalue weighted by atomic mass is 16.1. The lowest BCUT2D eigenvalue weighted by Gasteiger charge is -2.29. The van der Waals surface area contributed by atoms with Crippen molar-refractivity contribution in [3.8, 4) is 0 Å². The molecule has 0 aromatic carbocycles. The lowest BCUT2D eigenvalue weighted by atomic mass is 9.79. The molecule has 84 valence electrons. The molecular formula is C12H19NO2. The molecule has 0 fully saturated rings. The molecule has 0 aromatic heterocycles. The summed E-state index contributed by atoms with van der Waals surface area (Å²) in [6, 6.07) is 0.0309. The fraction of sp³-hybridized carbons (Fsp3) is 0.750. The van der Waals surface area contributed by atoms with Crippen molar-refractivity contribution in [3.05, 3.63) is 0 Å². The molecule has 15 heavy (non-hydrogen) atoms. The Kier molecular flexibility index (Phi) is 3.77. The van der Waals surface area contributed by atoms with Gasteiger partial charge >= 0.3 is 0 Å². The van der Waals surface area contributed by atoms with Crippen LogP contribution < -0.4 is 0 Å². The Hall–Kier alpha value is -0.990. The van der Waals surface area contributed by atoms with Crippen molar-refractivity contribution in [3.63, 3.8) is 0 Å². The molecule has 0 N–H and O–H groups in total. The number of nitrogens with zero attached hydrogens (tertiary/aromatic N) is 1. The average molecular weight is 209 g/mol. The second-order valence-electron chi connectivity index (χ2n) is 4.34. The Bertz CT molecular complexity index is 307. The van der Waals surface area contributed by atoms with Gasteiger partial charge in [0.1, 0.15) is 11.6 Å². The van der Waals surface area contributed by atoms with Gasteiger partial charge in [0.25, 0.3) is 0 Å². The van der Waals surface area contributed by atoms with Crippen molar-refractivity contribution in [2.45, 2.75) is 46.6 Å². The maximum absolute atomic E-state index is 11.7. The third-order valence-electron chi connectivity index (χ3n) is 3.24. The first-order valence-electron chi connectivity index (χ1n) is 5.54. The number of ketones is 2. The van der Waals surface area contributed by atoms with Gasteiger partial charge in [-0.15, -0.1) is 0 Å². The van der Waals surface area contributed by atoms with Crippen molar-refractivity contribution < 1.29 is 9.59 Å². The normalized spacial score (nSPS) is 30.9. The second-order valence-corrected chi connectivity index (χ2v) is 4.34. The molecule has 1 aliphatic rings. The predicted molar refractivity (Wildman–Crippen MR) is 60.1 cm³/mol. The summed E-state index contributed by atoms with van der Waals surface area (Å²) in [4.78, 5) is 27.5. The third-order valence-corrected chi connectivity index (χ3v) is 3.24. The van der Waals surface area contributed by atoms with Crippen LogP contribution in [0.5, 0.6) is 0 Å². The number of carbonyl (C=O) groups excluding carboxylic acids is 2. The van der Waals surface area contributed by atoms with E-state index in [-0.39, 0.29) is 29.4 Å². The maximum atomic E-state index is 11.7. The van der Waals surface area contributed by atoms with Gasteiger partial charge in [0.05, 0.1) is 12.0 Å². The van der Waals surface area contributed by atoms with Crippen LogP contribution in [0, 0.1) is 11.8 Å². The van der Waals surface area contributed by atoms with Crippen LogP contribution in [-0.4, -0.2) is 23.3 Å². The molecule has 1 heterocycles. The first-order chi connectivity index (χ1) is 6.97. The van der Waals surface area contributed by atoms with E-state index in [1.165, 1.54) is 0 Å². The Morgan fingerprint density at radius 1 is 1.47 bits per heavy atom. The summed E-state index contributed by atoms with van der Waals surface area (Å²) >= 11 is 0. The Balaban J connectivity index is 2.89. The topological polar surface area (TPSA) is 46.5 Å². The van der Waals surface area contributed by atoms with Gasteiger partial charge in [-0.25, -0.2) is 0 Å². The lowest BCUT2D eigenvalue weighted by Crippen LogP contribution is -2.36. The molecular weight excluding hydrogens is 190 g/mol. The van der Waals surface area contributed by atoms with Crippen molar-refractivity contribution in [1.29, 1.82) is 0 Å². The zero-order chi connectivity index (χ0) is 11.6. The number of rotatable bonds is 3. The van der Waals surface area contributed by atoms with E-state index in [0.29, 0.717) is 12.8 Å². The summed E-state index contributed by atoms with van der Waals surface area (Å²) < 4.78 is 0. The van der Waals surface area contributed by atoms with Crippen LogP contribution in [0.25, 0.3) is 0 Å². The number of carbonyl (C=O) groups is 2. The van der Waals surface area contributed by atoms with Crippen LogP contribution in [0.2, 0.25) is 0 Å². The maximum Gasteiger partial charge on any atom is 0.141 e. The Labute approximate surface area is 91.0 Å². The van der Waals surface area contributed by atoms with Crippen molar-refractivity contribution in [1.82, 2.24) is 0 Å². The largest absolute Gasteiger partial charge is 0.300 e. The fourth-order valence-corrected chi connectivity index (χ4v) is 2.24. The van der Waals surface area contributed by atoms with E-state index >= 15 is 0 Å². The average Bonchev–Trinajstić information content (AvgIpc) is 2.16. The van der Waals surface area contributed by atoms with E-state index in [0.717, 1.165) is 5.71 Å². The standard InChI is InChI=1S/C12H19NO2/c1-5-12(15)11-6-10(9(4)14)7(2)13-8(11)3/h7,10-11H,5-6H2,1-4H3. The van der Waals surface area contributed by atoms with Crippen LogP contribution in [0.4, 0.5) is 0 Å². The van der Waals surface area contributed by atoms with E-state index < -0.39 is 0 Å². The summed E-state index contributed by atoms with van der Waals surface area (Å²) in [6.45, 7) is 7.29. The van der Waals surface area contributed by atoms with Gasteiger partial charge in [0, 0.05) is 18.1 Å². The molecule has 3 atom stereocenters. The molecule has 0 spiro atoms. The number of hydrogen-bond donors (Lipinski definition) is 0. The van der Waals surface area contributed by atoms with Crippen LogP contribution in [0.15, 0.2) is 4.99 Å². The highest BCUT2D eigenvalue weighted by Crippen LogP contribution is 2.27. The SMILES string of the molecule is CCC(=O)C1CC(C(C)=O)C(C)N=C1C. The summed E-state index contributed by atoms with van der Waals surface area (Å²) in [6.07, 6.45) is 1.18. The molecule has 3 unspecified atom stereocenters. The molecule has 1 rings (SSSR count). The summed E-state index contributed by atoms with van der Waals surface area (Å²) in [7, 11) is 0. The van der Waals surface area contributed by atoms with Crippen LogP contribution in [0.1, 0.15) is 40.5 Å². The zero-order valence-corrected chi connectivity index (χ0v) is 9.91. The molecule has 3 heteroatoms. The minimum atomic E-state index is -0.125. The number of aliphatic imine (C=N–C) groups is 1. The van der Waals surface area contributed by atoms with Gasteiger partial charge in [-0.2, -0.15) is 0 Å². The predicted octanol–water partition coefficient (Wildman–Crippen LogP) is 2.04. The van der Waals surface area contributed by atoms with Gasteiger partial charge < -0.3 is 0 Å². The Morgan fingerprint density at radius 3 is 2.53 bits per heavy atom. The summed E-state index contributed by atoms with van der Waals surface area (Å²) in [5.74, 6) is 0.149. The molecule has 0 radical (unpaired) electrons. The van der Waals surface area contributed by atoms with Gasteiger partial charge in [-0.3, -0.25) is 14.6 Å². The third kappa shape index (κ3) is 2.52. The summed E-state index contributed by atoms with van der Waals surface area (Å²) in [5.41, 5.74) is 0.895. The van der Waals surface area contributed by atoms with E-state index in [9.17, 15) is 9.59 Å². The van der Waals surface area contributed by atoms with Gasteiger partial charge in [-0.05, 0) is 27.2 Å². The van der Waals surface area contributed by atoms with E-state index in [2.05, 4.69) is 4.99 Å². The number of Topliss-reactive ketones (excluding diaryl/α,β-unsaturated/α-hetero) is 2. The Morgan fingerprint density at radius 2 is 2.07 bits per heavy atom. The van der Waals surface area contributed by atoms with Crippen LogP contribution in [-0.2, 0) is 9.59 Å². The van der Waals surface area contributed by atoms with Crippen molar-refractivity contribution in [2.75, 3.05) is 0 Å². The van der Waals surface area contributed by atoms with E-state index in [4.69, 9.17) is 0 Å². The molecule has 1 aliphatic heterocycles. The second kappa shape index (κ2) is 4.69. The monoisotopic (exact) mass is 209 g/mol. The highest BCUT2D eigenvalue weighted by Gasteiger charge is 2.33. The molecule has 3 nitrogen and oxygen atoms in total. The van der Waals surface area contributed by atoms with E-state index in [1.54, 1.807) is 6.92 Å². The van der Waals surface area contributed by atoms with Gasteiger partial charge in [-0.1, -0.05) is 6.92 Å². The van der Waals surface area contributed by atoms with E-state index in [1.807, 2.05) is 20.8 Å². The van der Waals surface area contributed by atoms with Crippen LogP contribution >= 0.6 is 0 Å². The van der Waals surface area contributed by atoms with Crippen LogP contribution in [0.3, 0.4) is 0 Å². The molecule has 0 bridgehead atoms. The molecule has 0 aliphatic carbocycles. The fourth-order valence-electron chi connectivity index (χ4n) is 2.24. The first-order valence-corrected chi connectivity index (χ1v) is 5.54. The lowest BCUT2D eigenvalue weighted by molar-refractivity contribution is -0.124. The molecule has 0 saturated carbocycles. The smallest absolute Gasteiger partial charge is 0.141 e. The molecule has 0 saturated heterocycles. The highest BCUT2D eigenvalue weighted by molar-refractivity contribution is 6.05. The van der Waals surface area contributed by atoms with Crippen molar-refractivity contribution in [2.24, 2.45) is 16.8 Å². The number of hydrogen-bond acceptors (Lipinski definition) is 3. The first kappa shape index (κ1) is 12.1. The minimum Gasteiger partial charge on any atom is -0.300 e. The molecule has 0 aromatic rings.